The fourth-order valence-corrected chi connectivity index (χ4v) is 7.53. The van der Waals surface area contributed by atoms with E-state index in [4.69, 9.17) is 0 Å². The Bertz CT molecular complexity index is 2020. The van der Waals surface area contributed by atoms with Gasteiger partial charge < -0.3 is 0 Å². The number of pyridine rings is 3. The third-order valence-corrected chi connectivity index (χ3v) is 9.65. The van der Waals surface area contributed by atoms with Crippen LogP contribution in [0.15, 0.2) is 97.8 Å². The van der Waals surface area contributed by atoms with Gasteiger partial charge in [-0.25, -0.2) is 0 Å². The lowest BCUT2D eigenvalue weighted by Crippen LogP contribution is -2.56. The van der Waals surface area contributed by atoms with E-state index in [2.05, 4.69) is 113 Å². The summed E-state index contributed by atoms with van der Waals surface area (Å²) in [6, 6.07) is 22.1. The number of nitrogens with zero attached hydrogens (tertiary/aromatic N) is 3. The fraction of sp³-hybridized carbons (Fsp3) is 0.195. The molecule has 45 heavy (non-hydrogen) atoms. The molecule has 0 fully saturated rings. The molecule has 0 aliphatic rings. The van der Waals surface area contributed by atoms with Crippen LogP contribution in [0.25, 0.3) is 33.4 Å². The summed E-state index contributed by atoms with van der Waals surface area (Å²) in [7, 11) is 0. The molecule has 0 unspecified atom stereocenters. The summed E-state index contributed by atoms with van der Waals surface area (Å²) in [4.78, 5) is 13.5. The summed E-state index contributed by atoms with van der Waals surface area (Å²) in [5.41, 5.74) is 21.5. The summed E-state index contributed by atoms with van der Waals surface area (Å²) in [6.07, 6.45) is 11.5. The summed E-state index contributed by atoms with van der Waals surface area (Å²) in [5, 5.41) is 0. The molecule has 0 bridgehead atoms. The first kappa shape index (κ1) is 30.2. The fourth-order valence-electron chi connectivity index (χ4n) is 7.53. The van der Waals surface area contributed by atoms with Gasteiger partial charge in [-0.15, -0.1) is 0 Å². The van der Waals surface area contributed by atoms with Crippen LogP contribution in [-0.4, -0.2) is 21.7 Å². The molecule has 3 aromatic carbocycles. The van der Waals surface area contributed by atoms with Gasteiger partial charge in [-0.05, 0) is 129 Å². The Morgan fingerprint density at radius 3 is 1.47 bits per heavy atom. The van der Waals surface area contributed by atoms with Gasteiger partial charge in [0, 0.05) is 53.9 Å². The van der Waals surface area contributed by atoms with E-state index in [1.807, 2.05) is 55.4 Å². The Balaban J connectivity index is 1.73. The highest BCUT2D eigenvalue weighted by atomic mass is 14.6. The highest BCUT2D eigenvalue weighted by molar-refractivity contribution is 6.96. The maximum Gasteiger partial charge on any atom is 0.242 e. The van der Waals surface area contributed by atoms with Gasteiger partial charge in [0.05, 0.1) is 0 Å². The summed E-state index contributed by atoms with van der Waals surface area (Å²) >= 11 is 0. The largest absolute Gasteiger partial charge is 0.264 e. The van der Waals surface area contributed by atoms with Gasteiger partial charge in [0.15, 0.2) is 0 Å². The molecule has 0 aliphatic heterocycles. The molecule has 0 atom stereocenters. The molecule has 0 radical (unpaired) electrons. The molecule has 0 spiro atoms. The first-order valence-corrected chi connectivity index (χ1v) is 15.7. The first-order chi connectivity index (χ1) is 21.7. The molecule has 3 heterocycles. The number of hydrogen-bond donors (Lipinski definition) is 0. The van der Waals surface area contributed by atoms with E-state index in [9.17, 15) is 0 Å². The molecular weight excluding hydrogens is 545 g/mol. The van der Waals surface area contributed by atoms with Crippen LogP contribution in [0.3, 0.4) is 0 Å². The van der Waals surface area contributed by atoms with E-state index in [0.29, 0.717) is 0 Å². The van der Waals surface area contributed by atoms with Crippen LogP contribution < -0.4 is 16.4 Å². The maximum absolute atomic E-state index is 4.50. The maximum atomic E-state index is 4.50. The van der Waals surface area contributed by atoms with E-state index in [0.717, 1.165) is 16.7 Å². The standard InChI is InChI=1S/C41H40BN3/c1-25-15-16-36(30(6)38(25)33-12-9-17-43-22-33)42(37-21-26(2)29(5)40(31(37)7)35-14-11-19-45-24-35)41-28(4)20-27(3)39(32(41)8)34-13-10-18-44-23-34/h9-24H,1-8H3. The van der Waals surface area contributed by atoms with Crippen molar-refractivity contribution in [1.82, 2.24) is 15.0 Å². The summed E-state index contributed by atoms with van der Waals surface area (Å²) in [5.74, 6) is 0. The number of benzene rings is 3. The van der Waals surface area contributed by atoms with Crippen molar-refractivity contribution < 1.29 is 0 Å². The van der Waals surface area contributed by atoms with Gasteiger partial charge in [0.1, 0.15) is 0 Å². The lowest BCUT2D eigenvalue weighted by atomic mass is 9.33. The van der Waals surface area contributed by atoms with Crippen molar-refractivity contribution in [1.29, 1.82) is 0 Å². The predicted molar refractivity (Wildman–Crippen MR) is 192 cm³/mol. The van der Waals surface area contributed by atoms with Crippen LogP contribution in [0.1, 0.15) is 44.5 Å². The molecule has 0 saturated carbocycles. The molecule has 6 aromatic rings. The van der Waals surface area contributed by atoms with Crippen LogP contribution in [0.4, 0.5) is 0 Å². The molecule has 0 saturated heterocycles. The van der Waals surface area contributed by atoms with Gasteiger partial charge in [-0.1, -0.05) is 64.4 Å². The Morgan fingerprint density at radius 1 is 0.422 bits per heavy atom. The zero-order valence-corrected chi connectivity index (χ0v) is 27.7. The predicted octanol–water partition coefficient (Wildman–Crippen LogP) is 7.86. The molecule has 3 aromatic heterocycles. The Hall–Kier alpha value is -4.83. The van der Waals surface area contributed by atoms with Gasteiger partial charge >= 0.3 is 0 Å². The zero-order chi connectivity index (χ0) is 31.8. The second-order valence-electron chi connectivity index (χ2n) is 12.5. The number of hydrogen-bond acceptors (Lipinski definition) is 3. The highest BCUT2D eigenvalue weighted by Crippen LogP contribution is 2.32. The first-order valence-electron chi connectivity index (χ1n) is 15.7. The monoisotopic (exact) mass is 585 g/mol. The molecule has 222 valence electrons. The number of aromatic nitrogens is 3. The van der Waals surface area contributed by atoms with Crippen molar-refractivity contribution >= 4 is 23.1 Å². The lowest BCUT2D eigenvalue weighted by Gasteiger charge is -2.29. The summed E-state index contributed by atoms with van der Waals surface area (Å²) < 4.78 is 0. The number of rotatable bonds is 6. The third kappa shape index (κ3) is 5.39. The van der Waals surface area contributed by atoms with Crippen LogP contribution in [0.2, 0.25) is 0 Å². The lowest BCUT2D eigenvalue weighted by molar-refractivity contribution is 1.28. The second kappa shape index (κ2) is 12.3. The Kier molecular flexibility index (Phi) is 8.25. The molecule has 0 N–H and O–H groups in total. The van der Waals surface area contributed by atoms with Crippen LogP contribution >= 0.6 is 0 Å². The molecular formula is C41H40BN3. The normalized spacial score (nSPS) is 11.1. The van der Waals surface area contributed by atoms with E-state index < -0.39 is 0 Å². The van der Waals surface area contributed by atoms with E-state index in [1.165, 1.54) is 77.6 Å². The van der Waals surface area contributed by atoms with Crippen LogP contribution in [0, 0.1) is 55.4 Å². The Labute approximate surface area is 268 Å². The smallest absolute Gasteiger partial charge is 0.242 e. The highest BCUT2D eigenvalue weighted by Gasteiger charge is 2.32. The minimum atomic E-state index is 0.00626. The molecule has 0 amide bonds. The summed E-state index contributed by atoms with van der Waals surface area (Å²) in [6.45, 7) is 18.1. The van der Waals surface area contributed by atoms with Gasteiger partial charge in [0.25, 0.3) is 0 Å². The van der Waals surface area contributed by atoms with Crippen LogP contribution in [0.5, 0.6) is 0 Å². The van der Waals surface area contributed by atoms with Crippen molar-refractivity contribution in [3.63, 3.8) is 0 Å². The minimum absolute atomic E-state index is 0.00626. The molecule has 4 heteroatoms. The average molecular weight is 586 g/mol. The van der Waals surface area contributed by atoms with E-state index in [-0.39, 0.29) is 6.71 Å². The second-order valence-corrected chi connectivity index (χ2v) is 12.5. The number of aryl methyl sites for hydroxylation is 4. The van der Waals surface area contributed by atoms with Crippen molar-refractivity contribution in [2.45, 2.75) is 55.4 Å². The SMILES string of the molecule is Cc1cc(B(c2ccc(C)c(-c3cccnc3)c2C)c2c(C)cc(C)c(-c3cccnc3)c2C)c(C)c(-c2cccnc2)c1C. The average Bonchev–Trinajstić information content (AvgIpc) is 3.03. The van der Waals surface area contributed by atoms with Crippen molar-refractivity contribution in [2.24, 2.45) is 0 Å². The topological polar surface area (TPSA) is 38.7 Å². The third-order valence-electron chi connectivity index (χ3n) is 9.65. The molecule has 3 nitrogen and oxygen atoms in total. The Morgan fingerprint density at radius 2 is 0.933 bits per heavy atom. The zero-order valence-electron chi connectivity index (χ0n) is 27.7. The van der Waals surface area contributed by atoms with Gasteiger partial charge in [-0.2, -0.15) is 0 Å². The van der Waals surface area contributed by atoms with Gasteiger partial charge in [-0.3, -0.25) is 15.0 Å². The van der Waals surface area contributed by atoms with Gasteiger partial charge in [0.2, 0.25) is 6.71 Å². The van der Waals surface area contributed by atoms with E-state index >= 15 is 0 Å². The van der Waals surface area contributed by atoms with Crippen LogP contribution in [-0.2, 0) is 0 Å². The molecule has 6 rings (SSSR count). The van der Waals surface area contributed by atoms with Crippen molar-refractivity contribution in [3.8, 4) is 33.4 Å². The quantitative estimate of drug-likeness (QED) is 0.187. The van der Waals surface area contributed by atoms with Crippen molar-refractivity contribution in [3.05, 3.63) is 142 Å². The van der Waals surface area contributed by atoms with E-state index in [1.54, 1.807) is 0 Å². The van der Waals surface area contributed by atoms with Crippen molar-refractivity contribution in [2.75, 3.05) is 0 Å². The molecule has 0 aliphatic carbocycles. The minimum Gasteiger partial charge on any atom is -0.264 e.